The molecule has 1 aromatic carbocycles. The molecule has 0 heterocycles. The lowest BCUT2D eigenvalue weighted by Gasteiger charge is -2.07. The topological polar surface area (TPSA) is 52.6 Å². The van der Waals surface area contributed by atoms with Gasteiger partial charge < -0.3 is 9.47 Å². The first-order chi connectivity index (χ1) is 7.58. The summed E-state index contributed by atoms with van der Waals surface area (Å²) in [6.07, 6.45) is 0.302. The van der Waals surface area contributed by atoms with Crippen LogP contribution >= 0.6 is 0 Å². The van der Waals surface area contributed by atoms with Crippen molar-refractivity contribution in [3.8, 4) is 5.75 Å². The van der Waals surface area contributed by atoms with E-state index in [0.717, 1.165) is 19.2 Å². The van der Waals surface area contributed by atoms with E-state index >= 15 is 0 Å². The van der Waals surface area contributed by atoms with Crippen molar-refractivity contribution in [2.75, 3.05) is 13.7 Å². The van der Waals surface area contributed by atoms with Crippen molar-refractivity contribution in [2.45, 2.75) is 0 Å². The maximum atomic E-state index is 13.2. The van der Waals surface area contributed by atoms with E-state index in [1.165, 1.54) is 0 Å². The maximum absolute atomic E-state index is 13.2. The van der Waals surface area contributed by atoms with Crippen molar-refractivity contribution in [3.05, 3.63) is 29.3 Å². The fraction of sp³-hybridized carbons (Fsp3) is 0.200. The zero-order valence-electron chi connectivity index (χ0n) is 8.33. The van der Waals surface area contributed by atoms with Crippen LogP contribution in [0.2, 0.25) is 0 Å². The minimum absolute atomic E-state index is 0.152. The molecule has 0 amide bonds. The third-order valence-corrected chi connectivity index (χ3v) is 1.72. The molecule has 0 unspecified atom stereocenters. The van der Waals surface area contributed by atoms with Crippen LogP contribution in [0.5, 0.6) is 5.75 Å². The smallest absolute Gasteiger partial charge is 0.343 e. The molecule has 0 spiro atoms. The maximum Gasteiger partial charge on any atom is 0.343 e. The second kappa shape index (κ2) is 5.20. The predicted octanol–water partition coefficient (Wildman–Crippen LogP) is 1.33. The Bertz CT molecular complexity index is 394. The number of hydrogen-bond acceptors (Lipinski definition) is 4. The van der Waals surface area contributed by atoms with Gasteiger partial charge in [0.05, 0.1) is 7.11 Å². The van der Waals surface area contributed by atoms with Crippen LogP contribution in [0.1, 0.15) is 10.4 Å². The van der Waals surface area contributed by atoms with Gasteiger partial charge in [-0.05, 0) is 12.1 Å². The molecule has 1 rings (SSSR count). The van der Waals surface area contributed by atoms with Gasteiger partial charge in [-0.15, -0.1) is 0 Å². The number of hydrogen-bond donors (Lipinski definition) is 0. The molecule has 0 aromatic heterocycles. The van der Waals surface area contributed by atoms with Gasteiger partial charge in [0, 0.05) is 5.56 Å². The highest BCUT2D eigenvalue weighted by Gasteiger charge is 2.14. The average Bonchev–Trinajstić information content (AvgIpc) is 2.27. The number of rotatable bonds is 4. The number of methoxy groups -OCH3 is 1. The van der Waals surface area contributed by atoms with Crippen LogP contribution in [-0.2, 0) is 9.53 Å². The lowest BCUT2D eigenvalue weighted by Crippen LogP contribution is -2.14. The molecule has 1 aromatic rings. The number of carbonyl (C=O) groups excluding carboxylic acids is 2. The summed E-state index contributed by atoms with van der Waals surface area (Å²) in [5.41, 5.74) is -0.152. The standard InChI is InChI=1S/C10H8F2O4/c1-15-9(14)5-16-10-7(11)2-6(4-13)3-8(10)12/h2-4H,5H2,1H3. The van der Waals surface area contributed by atoms with Crippen LogP contribution in [-0.4, -0.2) is 26.0 Å². The Morgan fingerprint density at radius 2 is 1.94 bits per heavy atom. The minimum atomic E-state index is -1.05. The van der Waals surface area contributed by atoms with Crippen molar-refractivity contribution in [1.29, 1.82) is 0 Å². The van der Waals surface area contributed by atoms with E-state index in [1.807, 2.05) is 0 Å². The summed E-state index contributed by atoms with van der Waals surface area (Å²) in [5.74, 6) is -3.58. The summed E-state index contributed by atoms with van der Waals surface area (Å²) in [6.45, 7) is -0.606. The lowest BCUT2D eigenvalue weighted by molar-refractivity contribution is -0.143. The molecule has 0 N–H and O–H groups in total. The van der Waals surface area contributed by atoms with Crippen molar-refractivity contribution in [2.24, 2.45) is 0 Å². The molecule has 0 saturated heterocycles. The van der Waals surface area contributed by atoms with Crippen LogP contribution in [0.15, 0.2) is 12.1 Å². The number of benzene rings is 1. The van der Waals surface area contributed by atoms with Gasteiger partial charge in [-0.1, -0.05) is 0 Å². The highest BCUT2D eigenvalue weighted by Crippen LogP contribution is 2.22. The van der Waals surface area contributed by atoms with E-state index in [0.29, 0.717) is 6.29 Å². The van der Waals surface area contributed by atoms with Crippen LogP contribution < -0.4 is 4.74 Å². The SMILES string of the molecule is COC(=O)COc1c(F)cc(C=O)cc1F. The van der Waals surface area contributed by atoms with Gasteiger partial charge in [-0.3, -0.25) is 4.79 Å². The largest absolute Gasteiger partial charge is 0.476 e. The van der Waals surface area contributed by atoms with Gasteiger partial charge in [0.2, 0.25) is 0 Å². The number of ether oxygens (including phenoxy) is 2. The third-order valence-electron chi connectivity index (χ3n) is 1.72. The zero-order valence-corrected chi connectivity index (χ0v) is 8.33. The molecule has 0 aliphatic carbocycles. The number of esters is 1. The van der Waals surface area contributed by atoms with E-state index < -0.39 is 30.0 Å². The Balaban J connectivity index is 2.88. The van der Waals surface area contributed by atoms with E-state index in [2.05, 4.69) is 9.47 Å². The molecule has 0 fully saturated rings. The molecular formula is C10H8F2O4. The molecule has 6 heteroatoms. The van der Waals surface area contributed by atoms with E-state index in [4.69, 9.17) is 0 Å². The number of halogens is 2. The van der Waals surface area contributed by atoms with Crippen molar-refractivity contribution in [1.82, 2.24) is 0 Å². The first-order valence-electron chi connectivity index (χ1n) is 4.22. The Morgan fingerprint density at radius 3 is 2.38 bits per heavy atom. The van der Waals surface area contributed by atoms with Crippen LogP contribution in [0.3, 0.4) is 0 Å². The summed E-state index contributed by atoms with van der Waals surface area (Å²) in [5, 5.41) is 0. The Hall–Kier alpha value is -1.98. The second-order valence-electron chi connectivity index (χ2n) is 2.80. The molecule has 86 valence electrons. The van der Waals surface area contributed by atoms with E-state index in [-0.39, 0.29) is 5.56 Å². The first kappa shape index (κ1) is 12.1. The fourth-order valence-corrected chi connectivity index (χ4v) is 0.975. The van der Waals surface area contributed by atoms with Crippen LogP contribution in [0.4, 0.5) is 8.78 Å². The van der Waals surface area contributed by atoms with Crippen molar-refractivity contribution >= 4 is 12.3 Å². The van der Waals surface area contributed by atoms with E-state index in [1.54, 1.807) is 0 Å². The third kappa shape index (κ3) is 2.75. The molecule has 0 bridgehead atoms. The molecule has 0 atom stereocenters. The van der Waals surface area contributed by atoms with Gasteiger partial charge in [0.25, 0.3) is 0 Å². The number of carbonyl (C=O) groups is 2. The minimum Gasteiger partial charge on any atom is -0.476 e. The fourth-order valence-electron chi connectivity index (χ4n) is 0.975. The monoisotopic (exact) mass is 230 g/mol. The normalized spacial score (nSPS) is 9.69. The van der Waals surface area contributed by atoms with Gasteiger partial charge in [0.15, 0.2) is 24.0 Å². The van der Waals surface area contributed by atoms with Gasteiger partial charge in [-0.2, -0.15) is 0 Å². The molecule has 0 aliphatic heterocycles. The van der Waals surface area contributed by atoms with E-state index in [9.17, 15) is 18.4 Å². The summed E-state index contributed by atoms with van der Waals surface area (Å²) in [6, 6.07) is 1.62. The van der Waals surface area contributed by atoms with Crippen molar-refractivity contribution < 1.29 is 27.8 Å². The van der Waals surface area contributed by atoms with Gasteiger partial charge >= 0.3 is 5.97 Å². The molecule has 16 heavy (non-hydrogen) atoms. The first-order valence-corrected chi connectivity index (χ1v) is 4.22. The summed E-state index contributed by atoms with van der Waals surface area (Å²) in [4.78, 5) is 21.0. The predicted molar refractivity (Wildman–Crippen MR) is 49.3 cm³/mol. The number of aldehydes is 1. The molecule has 0 saturated carbocycles. The summed E-state index contributed by atoms with van der Waals surface area (Å²) >= 11 is 0. The second-order valence-corrected chi connectivity index (χ2v) is 2.80. The zero-order chi connectivity index (χ0) is 12.1. The van der Waals surface area contributed by atoms with Crippen LogP contribution in [0.25, 0.3) is 0 Å². The quantitative estimate of drug-likeness (QED) is 0.578. The Kier molecular flexibility index (Phi) is 3.93. The van der Waals surface area contributed by atoms with Gasteiger partial charge in [-0.25, -0.2) is 13.6 Å². The highest BCUT2D eigenvalue weighted by atomic mass is 19.1. The summed E-state index contributed by atoms with van der Waals surface area (Å²) < 4.78 is 35.2. The average molecular weight is 230 g/mol. The molecule has 0 radical (unpaired) electrons. The summed E-state index contributed by atoms with van der Waals surface area (Å²) in [7, 11) is 1.12. The van der Waals surface area contributed by atoms with Crippen LogP contribution in [0, 0.1) is 11.6 Å². The highest BCUT2D eigenvalue weighted by molar-refractivity contribution is 5.75. The lowest BCUT2D eigenvalue weighted by atomic mass is 10.2. The van der Waals surface area contributed by atoms with Gasteiger partial charge in [0.1, 0.15) is 6.29 Å². The molecule has 4 nitrogen and oxygen atoms in total. The Labute approximate surface area is 89.8 Å². The molecular weight excluding hydrogens is 222 g/mol. The molecule has 0 aliphatic rings. The Morgan fingerprint density at radius 1 is 1.38 bits per heavy atom. The van der Waals surface area contributed by atoms with Crippen molar-refractivity contribution in [3.63, 3.8) is 0 Å².